The van der Waals surface area contributed by atoms with Gasteiger partial charge >= 0.3 is 6.03 Å². The van der Waals surface area contributed by atoms with E-state index >= 15 is 0 Å². The van der Waals surface area contributed by atoms with Crippen molar-refractivity contribution in [2.45, 2.75) is 25.8 Å². The molecule has 0 radical (unpaired) electrons. The molecule has 9 heteroatoms. The van der Waals surface area contributed by atoms with Crippen LogP contribution in [0.3, 0.4) is 0 Å². The van der Waals surface area contributed by atoms with Crippen molar-refractivity contribution in [1.82, 2.24) is 9.80 Å². The second kappa shape index (κ2) is 9.12. The number of carbonyl (C=O) groups excluding carboxylic acids is 2. The average Bonchev–Trinajstić information content (AvgIpc) is 2.82. The van der Waals surface area contributed by atoms with Gasteiger partial charge in [-0.05, 0) is 35.7 Å². The summed E-state index contributed by atoms with van der Waals surface area (Å²) in [7, 11) is 0. The number of amides is 3. The number of rotatable bonds is 2. The Morgan fingerprint density at radius 3 is 2.72 bits per heavy atom. The maximum absolute atomic E-state index is 13.4. The molecule has 2 heterocycles. The third-order valence-corrected chi connectivity index (χ3v) is 5.79. The summed E-state index contributed by atoms with van der Waals surface area (Å²) in [6, 6.07) is 8.38. The molecule has 1 saturated heterocycles. The van der Waals surface area contributed by atoms with Gasteiger partial charge in [-0.15, -0.1) is 0 Å². The molecule has 2 N–H and O–H groups in total. The van der Waals surface area contributed by atoms with Gasteiger partial charge in [0.2, 0.25) is 5.91 Å². The molecule has 2 aliphatic heterocycles. The maximum Gasteiger partial charge on any atom is 0.321 e. The Hall–Kier alpha value is -3.20. The summed E-state index contributed by atoms with van der Waals surface area (Å²) < 4.78 is 32.6. The number of fused-ring (bicyclic) bond motifs is 2. The molecule has 0 unspecified atom stereocenters. The lowest BCUT2D eigenvalue weighted by molar-refractivity contribution is -0.118. The highest BCUT2D eigenvalue weighted by Gasteiger charge is 2.32. The summed E-state index contributed by atoms with van der Waals surface area (Å²) >= 11 is 0. The fourth-order valence-corrected chi connectivity index (χ4v) is 3.91. The summed E-state index contributed by atoms with van der Waals surface area (Å²) in [6.45, 7) is 5.88. The predicted octanol–water partition coefficient (Wildman–Crippen LogP) is 3.64. The highest BCUT2D eigenvalue weighted by Crippen LogP contribution is 2.30. The smallest absolute Gasteiger partial charge is 0.321 e. The molecular formula is C23H26F2N4O3. The van der Waals surface area contributed by atoms with Gasteiger partial charge in [0.15, 0.2) is 11.6 Å². The number of urea groups is 1. The first kappa shape index (κ1) is 22.0. The monoisotopic (exact) mass is 444 g/mol. The van der Waals surface area contributed by atoms with Gasteiger partial charge in [-0.2, -0.15) is 0 Å². The van der Waals surface area contributed by atoms with E-state index < -0.39 is 17.7 Å². The number of hydrogen-bond acceptors (Lipinski definition) is 4. The number of anilines is 2. The van der Waals surface area contributed by atoms with E-state index in [9.17, 15) is 18.4 Å². The lowest BCUT2D eigenvalue weighted by Gasteiger charge is -2.40. The first-order chi connectivity index (χ1) is 15.3. The average molecular weight is 444 g/mol. The van der Waals surface area contributed by atoms with Gasteiger partial charge < -0.3 is 20.3 Å². The van der Waals surface area contributed by atoms with E-state index in [1.807, 2.05) is 23.1 Å². The lowest BCUT2D eigenvalue weighted by Crippen LogP contribution is -2.58. The van der Waals surface area contributed by atoms with Crippen LogP contribution in [0, 0.1) is 11.6 Å². The van der Waals surface area contributed by atoms with Crippen LogP contribution in [0.25, 0.3) is 0 Å². The molecule has 0 bridgehead atoms. The summed E-state index contributed by atoms with van der Waals surface area (Å²) in [5.74, 6) is -1.23. The van der Waals surface area contributed by atoms with E-state index in [1.165, 1.54) is 6.07 Å². The predicted molar refractivity (Wildman–Crippen MR) is 117 cm³/mol. The maximum atomic E-state index is 13.4. The Labute approximate surface area is 185 Å². The summed E-state index contributed by atoms with van der Waals surface area (Å²) in [4.78, 5) is 28.9. The topological polar surface area (TPSA) is 73.9 Å². The van der Waals surface area contributed by atoms with Gasteiger partial charge in [-0.1, -0.05) is 19.9 Å². The number of nitrogens with zero attached hydrogens (tertiary/aromatic N) is 2. The van der Waals surface area contributed by atoms with Gasteiger partial charge in [0.25, 0.3) is 0 Å². The Kier molecular flexibility index (Phi) is 6.27. The molecule has 2 aliphatic rings. The van der Waals surface area contributed by atoms with Crippen molar-refractivity contribution in [3.05, 3.63) is 53.6 Å². The number of benzene rings is 2. The normalized spacial score (nSPS) is 19.1. The van der Waals surface area contributed by atoms with Crippen molar-refractivity contribution in [2.75, 3.05) is 43.4 Å². The van der Waals surface area contributed by atoms with Crippen molar-refractivity contribution in [3.8, 4) is 5.75 Å². The van der Waals surface area contributed by atoms with E-state index in [4.69, 9.17) is 4.74 Å². The quantitative estimate of drug-likeness (QED) is 0.742. The first-order valence-corrected chi connectivity index (χ1v) is 10.6. The van der Waals surface area contributed by atoms with E-state index in [2.05, 4.69) is 24.5 Å². The zero-order valence-electron chi connectivity index (χ0n) is 18.0. The van der Waals surface area contributed by atoms with Crippen LogP contribution in [0.15, 0.2) is 36.4 Å². The first-order valence-electron chi connectivity index (χ1n) is 10.6. The van der Waals surface area contributed by atoms with Crippen LogP contribution in [-0.2, 0) is 4.79 Å². The Morgan fingerprint density at radius 2 is 1.97 bits per heavy atom. The van der Waals surface area contributed by atoms with Crippen LogP contribution < -0.4 is 15.4 Å². The van der Waals surface area contributed by atoms with Crippen molar-refractivity contribution in [3.63, 3.8) is 0 Å². The number of hydrogen-bond donors (Lipinski definition) is 2. The highest BCUT2D eigenvalue weighted by atomic mass is 19.2. The molecule has 0 aliphatic carbocycles. The number of carbonyl (C=O) groups is 2. The van der Waals surface area contributed by atoms with Gasteiger partial charge in [-0.25, -0.2) is 13.6 Å². The zero-order chi connectivity index (χ0) is 22.8. The van der Waals surface area contributed by atoms with Crippen molar-refractivity contribution >= 4 is 23.3 Å². The highest BCUT2D eigenvalue weighted by molar-refractivity contribution is 5.94. The molecule has 7 nitrogen and oxygen atoms in total. The molecule has 1 fully saturated rings. The Bertz CT molecular complexity index is 1030. The molecule has 0 aromatic heterocycles. The minimum atomic E-state index is -1.03. The van der Waals surface area contributed by atoms with E-state index in [1.54, 1.807) is 4.90 Å². The second-order valence-electron chi connectivity index (χ2n) is 8.40. The van der Waals surface area contributed by atoms with Crippen LogP contribution in [0.4, 0.5) is 25.0 Å². The van der Waals surface area contributed by atoms with Crippen molar-refractivity contribution in [1.29, 1.82) is 0 Å². The van der Waals surface area contributed by atoms with Gasteiger partial charge in [0.1, 0.15) is 12.4 Å². The minimum Gasteiger partial charge on any atom is -0.490 e. The number of ether oxygens (including phenoxy) is 1. The fourth-order valence-electron chi connectivity index (χ4n) is 3.91. The van der Waals surface area contributed by atoms with Crippen LogP contribution in [-0.4, -0.2) is 60.6 Å². The lowest BCUT2D eigenvalue weighted by atomic mass is 10.0. The molecule has 170 valence electrons. The van der Waals surface area contributed by atoms with Crippen molar-refractivity contribution < 1.29 is 23.1 Å². The molecule has 32 heavy (non-hydrogen) atoms. The SMILES string of the molecule is CC(C)c1ccc2c(c1)NC(=O)CN1CCN(C(=O)Nc3ccc(F)c(F)c3)C[C@H]1CO2. The molecule has 0 saturated carbocycles. The number of piperazine rings is 1. The number of halogens is 2. The van der Waals surface area contributed by atoms with Crippen LogP contribution in [0.5, 0.6) is 5.75 Å². The Balaban J connectivity index is 1.46. The van der Waals surface area contributed by atoms with Crippen LogP contribution in [0.2, 0.25) is 0 Å². The van der Waals surface area contributed by atoms with Crippen LogP contribution >= 0.6 is 0 Å². The summed E-state index contributed by atoms with van der Waals surface area (Å²) in [6.07, 6.45) is 0. The molecule has 1 atom stereocenters. The second-order valence-corrected chi connectivity index (χ2v) is 8.40. The molecule has 0 spiro atoms. The van der Waals surface area contributed by atoms with Crippen LogP contribution in [0.1, 0.15) is 25.3 Å². The third kappa shape index (κ3) is 4.83. The minimum absolute atomic E-state index is 0.137. The van der Waals surface area contributed by atoms with Gasteiger partial charge in [-0.3, -0.25) is 9.69 Å². The molecule has 2 aromatic carbocycles. The molecule has 3 amide bonds. The van der Waals surface area contributed by atoms with Crippen molar-refractivity contribution in [2.24, 2.45) is 0 Å². The standard InChI is InChI=1S/C23H26F2N4O3/c1-14(2)15-3-6-21-20(9-15)27-22(30)12-28-7-8-29(11-17(28)13-32-21)23(31)26-16-4-5-18(24)19(25)10-16/h3-6,9-10,14,17H,7-8,11-13H2,1-2H3,(H,26,31)(H,27,30)/t17-/m0/s1. The fraction of sp³-hybridized carbons (Fsp3) is 0.391. The summed E-state index contributed by atoms with van der Waals surface area (Å²) in [5.41, 5.74) is 1.93. The van der Waals surface area contributed by atoms with Gasteiger partial charge in [0, 0.05) is 31.4 Å². The van der Waals surface area contributed by atoms with E-state index in [-0.39, 0.29) is 24.2 Å². The molecule has 2 aromatic rings. The van der Waals surface area contributed by atoms with Gasteiger partial charge in [0.05, 0.1) is 18.3 Å². The summed E-state index contributed by atoms with van der Waals surface area (Å²) in [5, 5.41) is 5.54. The Morgan fingerprint density at radius 1 is 1.16 bits per heavy atom. The largest absolute Gasteiger partial charge is 0.490 e. The molecule has 4 rings (SSSR count). The van der Waals surface area contributed by atoms with E-state index in [0.717, 1.165) is 17.7 Å². The number of nitrogens with one attached hydrogen (secondary N) is 2. The van der Waals surface area contributed by atoms with E-state index in [0.29, 0.717) is 43.6 Å². The molecular weight excluding hydrogens is 418 g/mol. The zero-order valence-corrected chi connectivity index (χ0v) is 18.0. The third-order valence-electron chi connectivity index (χ3n) is 5.79.